The Labute approximate surface area is 159 Å². The van der Waals surface area contributed by atoms with Crippen molar-refractivity contribution in [1.29, 1.82) is 0 Å². The topological polar surface area (TPSA) is 83.9 Å². The van der Waals surface area contributed by atoms with E-state index in [2.05, 4.69) is 0 Å². The Morgan fingerprint density at radius 2 is 1.89 bits per heavy atom. The van der Waals surface area contributed by atoms with Crippen molar-refractivity contribution in [3.05, 3.63) is 59.7 Å². The van der Waals surface area contributed by atoms with Gasteiger partial charge in [0.25, 0.3) is 0 Å². The first kappa shape index (κ1) is 19.5. The monoisotopic (exact) mass is 389 g/mol. The third kappa shape index (κ3) is 4.37. The fraction of sp³-hybridized carbons (Fsp3) is 0.350. The van der Waals surface area contributed by atoms with Crippen molar-refractivity contribution < 1.29 is 23.1 Å². The van der Waals surface area contributed by atoms with Gasteiger partial charge in [-0.3, -0.25) is 4.79 Å². The SMILES string of the molecule is COc1cccc(C(O)CN(C)S(=O)(=O)c2ccc(C(=O)C3CC3)cc2)c1. The summed E-state index contributed by atoms with van der Waals surface area (Å²) in [5.74, 6) is 0.752. The molecule has 144 valence electrons. The van der Waals surface area contributed by atoms with E-state index in [4.69, 9.17) is 4.74 Å². The van der Waals surface area contributed by atoms with Crippen LogP contribution in [0.4, 0.5) is 0 Å². The van der Waals surface area contributed by atoms with Crippen LogP contribution in [0.2, 0.25) is 0 Å². The lowest BCUT2D eigenvalue weighted by Crippen LogP contribution is -2.31. The average molecular weight is 389 g/mol. The second kappa shape index (κ2) is 7.80. The van der Waals surface area contributed by atoms with Crippen molar-refractivity contribution in [2.45, 2.75) is 23.8 Å². The minimum atomic E-state index is -3.77. The number of ether oxygens (including phenoxy) is 1. The van der Waals surface area contributed by atoms with Gasteiger partial charge in [-0.05, 0) is 42.7 Å². The molecule has 1 aliphatic rings. The first-order valence-electron chi connectivity index (χ1n) is 8.75. The molecule has 0 aliphatic heterocycles. The van der Waals surface area contributed by atoms with Gasteiger partial charge < -0.3 is 9.84 Å². The number of rotatable bonds is 8. The summed E-state index contributed by atoms with van der Waals surface area (Å²) in [4.78, 5) is 12.1. The molecule has 1 aliphatic carbocycles. The third-order valence-electron chi connectivity index (χ3n) is 4.70. The zero-order chi connectivity index (χ0) is 19.6. The Morgan fingerprint density at radius 3 is 2.48 bits per heavy atom. The Balaban J connectivity index is 1.72. The van der Waals surface area contributed by atoms with E-state index in [9.17, 15) is 18.3 Å². The fourth-order valence-corrected chi connectivity index (χ4v) is 4.03. The minimum Gasteiger partial charge on any atom is -0.497 e. The summed E-state index contributed by atoms with van der Waals surface area (Å²) >= 11 is 0. The van der Waals surface area contributed by atoms with Gasteiger partial charge in [0.1, 0.15) is 5.75 Å². The maximum Gasteiger partial charge on any atom is 0.242 e. The molecule has 1 saturated carbocycles. The molecule has 7 heteroatoms. The normalized spacial score (nSPS) is 15.6. The molecule has 0 bridgehead atoms. The van der Waals surface area contributed by atoms with Crippen LogP contribution in [0.5, 0.6) is 5.75 Å². The number of sulfonamides is 1. The van der Waals surface area contributed by atoms with Gasteiger partial charge >= 0.3 is 0 Å². The molecule has 0 spiro atoms. The van der Waals surface area contributed by atoms with E-state index in [1.165, 1.54) is 26.3 Å². The number of aliphatic hydroxyl groups is 1. The highest BCUT2D eigenvalue weighted by molar-refractivity contribution is 7.89. The lowest BCUT2D eigenvalue weighted by molar-refractivity contribution is 0.0967. The van der Waals surface area contributed by atoms with Crippen LogP contribution in [0.3, 0.4) is 0 Å². The summed E-state index contributed by atoms with van der Waals surface area (Å²) in [7, 11) is -0.828. The van der Waals surface area contributed by atoms with Crippen molar-refractivity contribution in [2.75, 3.05) is 20.7 Å². The smallest absolute Gasteiger partial charge is 0.242 e. The number of methoxy groups -OCH3 is 1. The molecule has 3 rings (SSSR count). The number of likely N-dealkylation sites (N-methyl/N-ethyl adjacent to an activating group) is 1. The molecule has 1 N–H and O–H groups in total. The van der Waals surface area contributed by atoms with E-state index in [1.807, 2.05) is 0 Å². The van der Waals surface area contributed by atoms with Crippen LogP contribution in [0, 0.1) is 5.92 Å². The number of nitrogens with zero attached hydrogens (tertiary/aromatic N) is 1. The van der Waals surface area contributed by atoms with Crippen LogP contribution < -0.4 is 4.74 Å². The van der Waals surface area contributed by atoms with Gasteiger partial charge in [0.2, 0.25) is 10.0 Å². The van der Waals surface area contributed by atoms with Gasteiger partial charge in [-0.15, -0.1) is 0 Å². The number of Topliss-reactive ketones (excluding diaryl/α,β-unsaturated/α-hetero) is 1. The zero-order valence-corrected chi connectivity index (χ0v) is 16.1. The van der Waals surface area contributed by atoms with Crippen LogP contribution in [-0.4, -0.2) is 44.3 Å². The lowest BCUT2D eigenvalue weighted by atomic mass is 10.1. The Hall–Kier alpha value is -2.22. The Morgan fingerprint density at radius 1 is 1.22 bits per heavy atom. The van der Waals surface area contributed by atoms with Gasteiger partial charge in [0.05, 0.1) is 18.1 Å². The molecule has 27 heavy (non-hydrogen) atoms. The molecule has 0 aromatic heterocycles. The van der Waals surface area contributed by atoms with E-state index >= 15 is 0 Å². The van der Waals surface area contributed by atoms with Crippen molar-refractivity contribution in [3.8, 4) is 5.75 Å². The second-order valence-corrected chi connectivity index (χ2v) is 8.79. The highest BCUT2D eigenvalue weighted by Gasteiger charge is 2.31. The standard InChI is InChI=1S/C20H23NO5S/c1-21(13-19(22)16-4-3-5-17(12-16)26-2)27(24,25)18-10-8-15(9-11-18)20(23)14-6-7-14/h3-5,8-12,14,19,22H,6-7,13H2,1-2H3. The Kier molecular flexibility index (Phi) is 5.64. The van der Waals surface area contributed by atoms with Crippen molar-refractivity contribution >= 4 is 15.8 Å². The van der Waals surface area contributed by atoms with E-state index in [1.54, 1.807) is 36.4 Å². The minimum absolute atomic E-state index is 0.0701. The molecule has 1 fully saturated rings. The van der Waals surface area contributed by atoms with Gasteiger partial charge in [-0.1, -0.05) is 24.3 Å². The maximum atomic E-state index is 12.8. The fourth-order valence-electron chi connectivity index (χ4n) is 2.85. The molecule has 0 heterocycles. The molecular formula is C20H23NO5S. The van der Waals surface area contributed by atoms with Crippen LogP contribution in [0.25, 0.3) is 0 Å². The van der Waals surface area contributed by atoms with Gasteiger partial charge in [-0.2, -0.15) is 4.31 Å². The molecule has 0 amide bonds. The highest BCUT2D eigenvalue weighted by atomic mass is 32.2. The predicted octanol–water partition coefficient (Wildman–Crippen LogP) is 2.64. The molecule has 6 nitrogen and oxygen atoms in total. The molecule has 0 radical (unpaired) electrons. The molecule has 2 aromatic rings. The van der Waals surface area contributed by atoms with E-state index in [-0.39, 0.29) is 23.1 Å². The first-order valence-corrected chi connectivity index (χ1v) is 10.2. The summed E-state index contributed by atoms with van der Waals surface area (Å²) in [5, 5.41) is 10.4. The summed E-state index contributed by atoms with van der Waals surface area (Å²) < 4.78 is 31.7. The second-order valence-electron chi connectivity index (χ2n) is 6.74. The number of hydrogen-bond donors (Lipinski definition) is 1. The van der Waals surface area contributed by atoms with Crippen molar-refractivity contribution in [3.63, 3.8) is 0 Å². The van der Waals surface area contributed by atoms with E-state index < -0.39 is 16.1 Å². The first-order chi connectivity index (χ1) is 12.8. The number of ketones is 1. The molecule has 1 atom stereocenters. The Bertz CT molecular complexity index is 920. The number of hydrogen-bond acceptors (Lipinski definition) is 5. The molecular weight excluding hydrogens is 366 g/mol. The van der Waals surface area contributed by atoms with Crippen LogP contribution in [-0.2, 0) is 10.0 Å². The van der Waals surface area contributed by atoms with Crippen LogP contribution in [0.15, 0.2) is 53.4 Å². The largest absolute Gasteiger partial charge is 0.497 e. The summed E-state index contributed by atoms with van der Waals surface area (Å²) in [5.41, 5.74) is 1.11. The predicted molar refractivity (Wildman–Crippen MR) is 101 cm³/mol. The van der Waals surface area contributed by atoms with Crippen molar-refractivity contribution in [2.24, 2.45) is 5.92 Å². The zero-order valence-electron chi connectivity index (χ0n) is 15.3. The summed E-state index contributed by atoms with van der Waals surface area (Å²) in [6.45, 7) is -0.0990. The number of aliphatic hydroxyl groups excluding tert-OH is 1. The third-order valence-corrected chi connectivity index (χ3v) is 6.54. The quantitative estimate of drug-likeness (QED) is 0.702. The van der Waals surface area contributed by atoms with Crippen LogP contribution in [0.1, 0.15) is 34.9 Å². The van der Waals surface area contributed by atoms with Gasteiger partial charge in [0, 0.05) is 25.1 Å². The summed E-state index contributed by atoms with van der Waals surface area (Å²) in [6.07, 6.45) is 0.823. The lowest BCUT2D eigenvalue weighted by Gasteiger charge is -2.21. The molecule has 1 unspecified atom stereocenters. The van der Waals surface area contributed by atoms with E-state index in [0.29, 0.717) is 16.9 Å². The van der Waals surface area contributed by atoms with Gasteiger partial charge in [-0.25, -0.2) is 8.42 Å². The van der Waals surface area contributed by atoms with E-state index in [0.717, 1.165) is 17.1 Å². The maximum absolute atomic E-state index is 12.8. The van der Waals surface area contributed by atoms with Crippen molar-refractivity contribution in [1.82, 2.24) is 4.31 Å². The number of carbonyl (C=O) groups excluding carboxylic acids is 1. The molecule has 2 aromatic carbocycles. The highest BCUT2D eigenvalue weighted by Crippen LogP contribution is 2.33. The van der Waals surface area contributed by atoms with Gasteiger partial charge in [0.15, 0.2) is 5.78 Å². The average Bonchev–Trinajstić information content (AvgIpc) is 3.52. The summed E-state index contributed by atoms with van der Waals surface area (Å²) in [6, 6.07) is 12.9. The van der Waals surface area contributed by atoms with Crippen LogP contribution >= 0.6 is 0 Å². The number of benzene rings is 2. The number of carbonyl (C=O) groups is 1. The molecule has 0 saturated heterocycles.